The van der Waals surface area contributed by atoms with Crippen LogP contribution in [0.25, 0.3) is 0 Å². The number of pyridine rings is 1. The van der Waals surface area contributed by atoms with Crippen LogP contribution in [0.15, 0.2) is 23.4 Å². The van der Waals surface area contributed by atoms with Gasteiger partial charge in [0.1, 0.15) is 4.90 Å². The Morgan fingerprint density at radius 2 is 2.29 bits per heavy atom. The zero-order valence-electron chi connectivity index (χ0n) is 11.2. The van der Waals surface area contributed by atoms with Gasteiger partial charge in [-0.3, -0.25) is 9.78 Å². The average molecular weight is 309 g/mol. The predicted molar refractivity (Wildman–Crippen MR) is 74.6 cm³/mol. The highest BCUT2D eigenvalue weighted by atomic mass is 32.2. The maximum Gasteiger partial charge on any atom is 0.242 e. The molecule has 0 bridgehead atoms. The maximum atomic E-state index is 12.2. The molecule has 112 valence electrons. The highest BCUT2D eigenvalue weighted by molar-refractivity contribution is 7.89. The van der Waals surface area contributed by atoms with E-state index in [0.29, 0.717) is 12.0 Å². The summed E-state index contributed by atoms with van der Waals surface area (Å²) in [6, 6.07) is 0.954. The van der Waals surface area contributed by atoms with Crippen LogP contribution in [0.3, 0.4) is 0 Å². The maximum absolute atomic E-state index is 12.2. The summed E-state index contributed by atoms with van der Waals surface area (Å²) in [5.41, 5.74) is 0.451. The molecule has 3 N–H and O–H groups in total. The van der Waals surface area contributed by atoms with E-state index >= 15 is 0 Å². The van der Waals surface area contributed by atoms with Crippen molar-refractivity contribution in [2.45, 2.75) is 23.8 Å². The number of amides is 1. The molecule has 1 aliphatic heterocycles. The van der Waals surface area contributed by atoms with Crippen molar-refractivity contribution in [2.24, 2.45) is 0 Å². The van der Waals surface area contributed by atoms with Gasteiger partial charge < -0.3 is 10.4 Å². The topological polar surface area (TPSA) is 108 Å². The molecule has 7 nitrogen and oxygen atoms in total. The molecule has 0 radical (unpaired) electrons. The van der Waals surface area contributed by atoms with Crippen molar-refractivity contribution >= 4 is 15.9 Å². The van der Waals surface area contributed by atoms with E-state index in [-0.39, 0.29) is 30.4 Å². The van der Waals surface area contributed by atoms with Crippen molar-refractivity contribution in [3.05, 3.63) is 24.0 Å². The number of nitrogens with one attached hydrogen (secondary N) is 2. The molecular formula is C13H15N3O4S. The molecule has 1 atom stereocenters. The van der Waals surface area contributed by atoms with Crippen molar-refractivity contribution in [1.29, 1.82) is 0 Å². The number of carbonyl (C=O) groups is 1. The van der Waals surface area contributed by atoms with Crippen LogP contribution in [0, 0.1) is 11.8 Å². The number of rotatable bonds is 4. The molecule has 1 aromatic heterocycles. The van der Waals surface area contributed by atoms with Crippen molar-refractivity contribution in [3.8, 4) is 11.8 Å². The Morgan fingerprint density at radius 3 is 2.95 bits per heavy atom. The predicted octanol–water partition coefficient (Wildman–Crippen LogP) is -1.02. The third-order valence-corrected chi connectivity index (χ3v) is 4.28. The second-order valence-electron chi connectivity index (χ2n) is 4.51. The molecule has 1 fully saturated rings. The van der Waals surface area contributed by atoms with E-state index in [1.165, 1.54) is 18.5 Å². The fourth-order valence-corrected chi connectivity index (χ4v) is 3.05. The summed E-state index contributed by atoms with van der Waals surface area (Å²) < 4.78 is 26.9. The Hall–Kier alpha value is -1.95. The third-order valence-electron chi connectivity index (χ3n) is 2.79. The van der Waals surface area contributed by atoms with E-state index in [1.54, 1.807) is 0 Å². The average Bonchev–Trinajstić information content (AvgIpc) is 2.84. The largest absolute Gasteiger partial charge is 0.395 e. The lowest BCUT2D eigenvalue weighted by molar-refractivity contribution is -0.119. The normalized spacial score (nSPS) is 18.0. The third kappa shape index (κ3) is 4.26. The van der Waals surface area contributed by atoms with Crippen molar-refractivity contribution < 1.29 is 18.3 Å². The van der Waals surface area contributed by atoms with Gasteiger partial charge in [0.25, 0.3) is 0 Å². The van der Waals surface area contributed by atoms with Crippen LogP contribution in [-0.2, 0) is 14.8 Å². The van der Waals surface area contributed by atoms with Gasteiger partial charge in [0.05, 0.1) is 6.61 Å². The first-order valence-corrected chi connectivity index (χ1v) is 7.83. The molecule has 2 heterocycles. The summed E-state index contributed by atoms with van der Waals surface area (Å²) in [6.07, 6.45) is 3.11. The lowest BCUT2D eigenvalue weighted by atomic mass is 10.3. The van der Waals surface area contributed by atoms with Crippen LogP contribution >= 0.6 is 0 Å². The van der Waals surface area contributed by atoms with Gasteiger partial charge in [0, 0.05) is 43.4 Å². The highest BCUT2D eigenvalue weighted by Gasteiger charge is 2.27. The molecule has 8 heteroatoms. The summed E-state index contributed by atoms with van der Waals surface area (Å²) in [4.78, 5) is 14.9. The first kappa shape index (κ1) is 15.4. The summed E-state index contributed by atoms with van der Waals surface area (Å²) in [5, 5.41) is 11.2. The van der Waals surface area contributed by atoms with Gasteiger partial charge in [0.15, 0.2) is 0 Å². The summed E-state index contributed by atoms with van der Waals surface area (Å²) in [6.45, 7) is 0.226. The van der Waals surface area contributed by atoms with Gasteiger partial charge in [-0.05, 0) is 6.07 Å². The summed E-state index contributed by atoms with van der Waals surface area (Å²) in [7, 11) is -3.74. The molecule has 1 unspecified atom stereocenters. The molecule has 1 amide bonds. The van der Waals surface area contributed by atoms with Crippen LogP contribution in [-0.4, -0.2) is 43.6 Å². The van der Waals surface area contributed by atoms with Gasteiger partial charge >= 0.3 is 0 Å². The molecule has 0 saturated carbocycles. The number of aliphatic hydroxyl groups excluding tert-OH is 1. The van der Waals surface area contributed by atoms with Crippen molar-refractivity contribution in [2.75, 3.05) is 13.2 Å². The standard InChI is InChI=1S/C13H15N3O4S/c17-4-2-1-3-10-5-12(9-14-7-10)21(19,20)16-11-6-13(18)15-8-11/h5,7,9,11,16-17H,2,4,6,8H2,(H,15,18). The molecule has 0 aromatic carbocycles. The first-order valence-electron chi connectivity index (χ1n) is 6.35. The smallest absolute Gasteiger partial charge is 0.242 e. The number of hydrogen-bond acceptors (Lipinski definition) is 5. The Morgan fingerprint density at radius 1 is 1.48 bits per heavy atom. The molecule has 1 aliphatic rings. The van der Waals surface area contributed by atoms with Gasteiger partial charge in [-0.1, -0.05) is 11.8 Å². The minimum atomic E-state index is -3.74. The Balaban J connectivity index is 2.15. The van der Waals surface area contributed by atoms with Crippen LogP contribution in [0.2, 0.25) is 0 Å². The Kier molecular flexibility index (Phi) is 4.90. The van der Waals surface area contributed by atoms with E-state index in [4.69, 9.17) is 5.11 Å². The fourth-order valence-electron chi connectivity index (χ4n) is 1.83. The molecule has 1 aromatic rings. The van der Waals surface area contributed by atoms with Crippen LogP contribution in [0.1, 0.15) is 18.4 Å². The molecule has 21 heavy (non-hydrogen) atoms. The van der Waals surface area contributed by atoms with Gasteiger partial charge in [0.2, 0.25) is 15.9 Å². The number of hydrogen-bond donors (Lipinski definition) is 3. The quantitative estimate of drug-likeness (QED) is 0.617. The lowest BCUT2D eigenvalue weighted by Gasteiger charge is -2.11. The van der Waals surface area contributed by atoms with E-state index in [1.807, 2.05) is 0 Å². The Labute approximate surface area is 122 Å². The Bertz CT molecular complexity index is 691. The molecule has 1 saturated heterocycles. The van der Waals surface area contributed by atoms with Crippen LogP contribution in [0.4, 0.5) is 0 Å². The molecule has 2 rings (SSSR count). The number of aromatic nitrogens is 1. The summed E-state index contributed by atoms with van der Waals surface area (Å²) in [5.74, 6) is 5.25. The monoisotopic (exact) mass is 309 g/mol. The number of aliphatic hydroxyl groups is 1. The minimum absolute atomic E-state index is 0.00218. The number of nitrogens with zero attached hydrogens (tertiary/aromatic N) is 1. The van der Waals surface area contributed by atoms with Gasteiger partial charge in [-0.15, -0.1) is 0 Å². The molecule has 0 spiro atoms. The first-order chi connectivity index (χ1) is 10.0. The number of sulfonamides is 1. The van der Waals surface area contributed by atoms with Crippen molar-refractivity contribution in [3.63, 3.8) is 0 Å². The van der Waals surface area contributed by atoms with Gasteiger partial charge in [-0.25, -0.2) is 13.1 Å². The SMILES string of the molecule is O=C1CC(NS(=O)(=O)c2cncc(C#CCCO)c2)CN1. The van der Waals surface area contributed by atoms with E-state index < -0.39 is 16.1 Å². The van der Waals surface area contributed by atoms with E-state index in [9.17, 15) is 13.2 Å². The van der Waals surface area contributed by atoms with Crippen LogP contribution < -0.4 is 10.0 Å². The summed E-state index contributed by atoms with van der Waals surface area (Å²) >= 11 is 0. The highest BCUT2D eigenvalue weighted by Crippen LogP contribution is 2.11. The zero-order chi connectivity index (χ0) is 15.3. The van der Waals surface area contributed by atoms with E-state index in [0.717, 1.165) is 0 Å². The van der Waals surface area contributed by atoms with Crippen molar-refractivity contribution in [1.82, 2.24) is 15.0 Å². The van der Waals surface area contributed by atoms with E-state index in [2.05, 4.69) is 26.9 Å². The lowest BCUT2D eigenvalue weighted by Crippen LogP contribution is -2.36. The van der Waals surface area contributed by atoms with Crippen LogP contribution in [0.5, 0.6) is 0 Å². The minimum Gasteiger partial charge on any atom is -0.395 e. The van der Waals surface area contributed by atoms with Gasteiger partial charge in [-0.2, -0.15) is 0 Å². The number of carbonyl (C=O) groups excluding carboxylic acids is 1. The second-order valence-corrected chi connectivity index (χ2v) is 6.23. The molecular weight excluding hydrogens is 294 g/mol. The second kappa shape index (κ2) is 6.67. The fraction of sp³-hybridized carbons (Fsp3) is 0.385. The molecule has 0 aliphatic carbocycles. The zero-order valence-corrected chi connectivity index (χ0v) is 12.0.